The molecule has 1 aliphatic heterocycles. The van der Waals surface area contributed by atoms with Gasteiger partial charge in [0.15, 0.2) is 11.4 Å². The van der Waals surface area contributed by atoms with Gasteiger partial charge in [0.05, 0.1) is 23.4 Å². The molecule has 4 rings (SSSR count). The lowest BCUT2D eigenvalue weighted by Gasteiger charge is -2.34. The van der Waals surface area contributed by atoms with Crippen LogP contribution in [0.5, 0.6) is 0 Å². The number of aromatic nitrogens is 3. The average Bonchev–Trinajstić information content (AvgIpc) is 3.44. The molecule has 1 atom stereocenters. The first kappa shape index (κ1) is 19.9. The van der Waals surface area contributed by atoms with Crippen molar-refractivity contribution in [2.24, 2.45) is 5.92 Å². The lowest BCUT2D eigenvalue weighted by molar-refractivity contribution is -0.136. The number of hydrogen-bond donors (Lipinski definition) is 1. The van der Waals surface area contributed by atoms with Crippen LogP contribution in [0.1, 0.15) is 37.0 Å². The topological polar surface area (TPSA) is 110 Å². The van der Waals surface area contributed by atoms with Crippen molar-refractivity contribution in [1.82, 2.24) is 24.4 Å². The minimum atomic E-state index is -0.166. The number of furan rings is 1. The fourth-order valence-electron chi connectivity index (χ4n) is 3.98. The summed E-state index contributed by atoms with van der Waals surface area (Å²) >= 11 is 0. The van der Waals surface area contributed by atoms with Gasteiger partial charge in [-0.05, 0) is 44.9 Å². The minimum Gasteiger partial charge on any atom is -0.461 e. The van der Waals surface area contributed by atoms with Crippen molar-refractivity contribution in [3.63, 3.8) is 0 Å². The third kappa shape index (κ3) is 3.62. The monoisotopic (exact) mass is 410 g/mol. The number of pyridine rings is 1. The Bertz CT molecular complexity index is 1050. The van der Waals surface area contributed by atoms with E-state index in [9.17, 15) is 9.59 Å². The lowest BCUT2D eigenvalue weighted by atomic mass is 9.96. The number of amides is 2. The number of carbonyl (C=O) groups excluding carboxylic acids is 2. The van der Waals surface area contributed by atoms with Gasteiger partial charge in [0.25, 0.3) is 5.91 Å². The number of nitrogen functional groups attached to an aromatic ring is 1. The molecule has 0 bridgehead atoms. The summed E-state index contributed by atoms with van der Waals surface area (Å²) in [6, 6.07) is 5.14. The molecule has 158 valence electrons. The average molecular weight is 410 g/mol. The molecule has 0 aliphatic carbocycles. The SMILES string of the molecule is CCN(CC)C(=O)C1CCCN(C(=O)c2cc(N)c3nc(-c4ccco4)nn3c2)C1. The van der Waals surface area contributed by atoms with Crippen LogP contribution in [0.25, 0.3) is 17.2 Å². The van der Waals surface area contributed by atoms with Gasteiger partial charge in [-0.25, -0.2) is 9.50 Å². The normalized spacial score (nSPS) is 16.7. The third-order valence-electron chi connectivity index (χ3n) is 5.58. The summed E-state index contributed by atoms with van der Waals surface area (Å²) in [5, 5.41) is 4.39. The van der Waals surface area contributed by atoms with E-state index in [0.29, 0.717) is 54.7 Å². The molecule has 3 aromatic rings. The molecule has 9 nitrogen and oxygen atoms in total. The summed E-state index contributed by atoms with van der Waals surface area (Å²) in [7, 11) is 0. The molecule has 1 fully saturated rings. The van der Waals surface area contributed by atoms with Gasteiger partial charge in [-0.1, -0.05) is 0 Å². The second kappa shape index (κ2) is 8.17. The summed E-state index contributed by atoms with van der Waals surface area (Å²) in [5.74, 6) is 0.724. The second-order valence-electron chi connectivity index (χ2n) is 7.47. The maximum atomic E-state index is 13.2. The van der Waals surface area contributed by atoms with Crippen molar-refractivity contribution in [2.45, 2.75) is 26.7 Å². The van der Waals surface area contributed by atoms with Crippen LogP contribution < -0.4 is 5.73 Å². The summed E-state index contributed by atoms with van der Waals surface area (Å²) in [6.07, 6.45) is 4.78. The molecule has 4 heterocycles. The maximum Gasteiger partial charge on any atom is 0.255 e. The zero-order valence-corrected chi connectivity index (χ0v) is 17.2. The van der Waals surface area contributed by atoms with Gasteiger partial charge in [-0.15, -0.1) is 5.10 Å². The molecule has 0 spiro atoms. The zero-order chi connectivity index (χ0) is 21.3. The van der Waals surface area contributed by atoms with Gasteiger partial charge in [0.2, 0.25) is 11.7 Å². The number of nitrogens with two attached hydrogens (primary N) is 1. The Morgan fingerprint density at radius 2 is 2.13 bits per heavy atom. The third-order valence-corrected chi connectivity index (χ3v) is 5.58. The molecule has 3 aromatic heterocycles. The Kier molecular flexibility index (Phi) is 5.43. The molecule has 0 aromatic carbocycles. The van der Waals surface area contributed by atoms with Crippen molar-refractivity contribution in [2.75, 3.05) is 31.9 Å². The van der Waals surface area contributed by atoms with E-state index in [2.05, 4.69) is 10.1 Å². The van der Waals surface area contributed by atoms with Crippen LogP contribution in [0.4, 0.5) is 5.69 Å². The Balaban J connectivity index is 1.57. The zero-order valence-electron chi connectivity index (χ0n) is 17.2. The Morgan fingerprint density at radius 1 is 1.33 bits per heavy atom. The molecular formula is C21H26N6O3. The second-order valence-corrected chi connectivity index (χ2v) is 7.47. The van der Waals surface area contributed by atoms with Crippen LogP contribution >= 0.6 is 0 Å². The Labute approximate surface area is 174 Å². The van der Waals surface area contributed by atoms with E-state index in [-0.39, 0.29) is 17.7 Å². The molecule has 2 amide bonds. The van der Waals surface area contributed by atoms with Gasteiger partial charge in [0, 0.05) is 32.4 Å². The number of likely N-dealkylation sites (tertiary alicyclic amines) is 1. The van der Waals surface area contributed by atoms with E-state index < -0.39 is 0 Å². The predicted octanol–water partition coefficient (Wildman–Crippen LogP) is 2.29. The highest BCUT2D eigenvalue weighted by atomic mass is 16.3. The first-order chi connectivity index (χ1) is 14.5. The van der Waals surface area contributed by atoms with E-state index in [4.69, 9.17) is 10.2 Å². The van der Waals surface area contributed by atoms with Crippen LogP contribution in [0, 0.1) is 5.92 Å². The fraction of sp³-hybridized carbons (Fsp3) is 0.429. The summed E-state index contributed by atoms with van der Waals surface area (Å²) in [5.41, 5.74) is 7.40. The Hall–Kier alpha value is -3.36. The summed E-state index contributed by atoms with van der Waals surface area (Å²) < 4.78 is 6.85. The molecule has 0 saturated carbocycles. The quantitative estimate of drug-likeness (QED) is 0.691. The highest BCUT2D eigenvalue weighted by molar-refractivity contribution is 5.96. The molecule has 0 radical (unpaired) electrons. The van der Waals surface area contributed by atoms with Gasteiger partial charge in [-0.3, -0.25) is 9.59 Å². The first-order valence-corrected chi connectivity index (χ1v) is 10.3. The minimum absolute atomic E-state index is 0.117. The number of anilines is 1. The molecular weight excluding hydrogens is 384 g/mol. The number of piperidine rings is 1. The molecule has 1 unspecified atom stereocenters. The van der Waals surface area contributed by atoms with Crippen LogP contribution in [-0.4, -0.2) is 62.4 Å². The van der Waals surface area contributed by atoms with Crippen molar-refractivity contribution < 1.29 is 14.0 Å². The van der Waals surface area contributed by atoms with Crippen molar-refractivity contribution in [3.05, 3.63) is 36.2 Å². The van der Waals surface area contributed by atoms with E-state index >= 15 is 0 Å². The number of hydrogen-bond acceptors (Lipinski definition) is 6. The van der Waals surface area contributed by atoms with Crippen LogP contribution in [-0.2, 0) is 4.79 Å². The maximum absolute atomic E-state index is 13.2. The van der Waals surface area contributed by atoms with Gasteiger partial charge in [0.1, 0.15) is 0 Å². The smallest absolute Gasteiger partial charge is 0.255 e. The summed E-state index contributed by atoms with van der Waals surface area (Å²) in [4.78, 5) is 33.9. The van der Waals surface area contributed by atoms with Gasteiger partial charge < -0.3 is 20.0 Å². The molecule has 9 heteroatoms. The van der Waals surface area contributed by atoms with Crippen molar-refractivity contribution >= 4 is 23.1 Å². The van der Waals surface area contributed by atoms with Gasteiger partial charge in [-0.2, -0.15) is 0 Å². The van der Waals surface area contributed by atoms with E-state index in [1.54, 1.807) is 35.6 Å². The predicted molar refractivity (Wildman–Crippen MR) is 112 cm³/mol. The van der Waals surface area contributed by atoms with Crippen molar-refractivity contribution in [1.29, 1.82) is 0 Å². The van der Waals surface area contributed by atoms with Crippen molar-refractivity contribution in [3.8, 4) is 11.6 Å². The molecule has 1 aliphatic rings. The first-order valence-electron chi connectivity index (χ1n) is 10.3. The van der Waals surface area contributed by atoms with Gasteiger partial charge >= 0.3 is 0 Å². The standard InChI is InChI=1S/C21H26N6O3/c1-3-25(4-2)20(28)14-7-5-9-26(12-14)21(29)15-11-16(22)19-23-18(24-27(19)13-15)17-8-6-10-30-17/h6,8,10-11,13-14H,3-5,7,9,12,22H2,1-2H3. The highest BCUT2D eigenvalue weighted by Gasteiger charge is 2.31. The largest absolute Gasteiger partial charge is 0.461 e. The van der Waals surface area contributed by atoms with Crippen LogP contribution in [0.15, 0.2) is 35.1 Å². The van der Waals surface area contributed by atoms with E-state index in [0.717, 1.165) is 12.8 Å². The van der Waals surface area contributed by atoms with Crippen LogP contribution in [0.2, 0.25) is 0 Å². The number of nitrogens with zero attached hydrogens (tertiary/aromatic N) is 5. The number of rotatable bonds is 5. The van der Waals surface area contributed by atoms with E-state index in [1.165, 1.54) is 4.52 Å². The fourth-order valence-corrected chi connectivity index (χ4v) is 3.98. The Morgan fingerprint density at radius 3 is 2.83 bits per heavy atom. The summed E-state index contributed by atoms with van der Waals surface area (Å²) in [6.45, 7) is 6.34. The highest BCUT2D eigenvalue weighted by Crippen LogP contribution is 2.24. The number of carbonyl (C=O) groups is 2. The van der Waals surface area contributed by atoms with E-state index in [1.807, 2.05) is 18.7 Å². The molecule has 2 N–H and O–H groups in total. The van der Waals surface area contributed by atoms with Crippen LogP contribution in [0.3, 0.4) is 0 Å². The number of fused-ring (bicyclic) bond motifs is 1. The molecule has 30 heavy (non-hydrogen) atoms. The molecule has 1 saturated heterocycles. The lowest BCUT2D eigenvalue weighted by Crippen LogP contribution is -2.46.